The van der Waals surface area contributed by atoms with Crippen LogP contribution in [0.15, 0.2) is 0 Å². The van der Waals surface area contributed by atoms with E-state index in [1.807, 2.05) is 13.8 Å². The predicted molar refractivity (Wildman–Crippen MR) is 143 cm³/mol. The summed E-state index contributed by atoms with van der Waals surface area (Å²) in [5.74, 6) is -2.06. The molecule has 6 N–H and O–H groups in total. The molecule has 9 heteroatoms. The first-order valence-corrected chi connectivity index (χ1v) is 14.0. The summed E-state index contributed by atoms with van der Waals surface area (Å²) in [4.78, 5) is 47.3. The van der Waals surface area contributed by atoms with Gasteiger partial charge in [0.1, 0.15) is 12.1 Å². The number of hydrogen-bond acceptors (Lipinski definition) is 4. The first-order chi connectivity index (χ1) is 17.2. The van der Waals surface area contributed by atoms with Crippen LogP contribution in [0.3, 0.4) is 0 Å². The van der Waals surface area contributed by atoms with Gasteiger partial charge in [0, 0.05) is 13.0 Å². The van der Waals surface area contributed by atoms with Crippen LogP contribution in [0, 0.1) is 5.92 Å². The van der Waals surface area contributed by atoms with Crippen molar-refractivity contribution < 1.29 is 24.3 Å². The van der Waals surface area contributed by atoms with Crippen molar-refractivity contribution in [3.63, 3.8) is 0 Å². The second kappa shape index (κ2) is 21.9. The van der Waals surface area contributed by atoms with E-state index in [0.29, 0.717) is 12.8 Å². The van der Waals surface area contributed by atoms with Gasteiger partial charge < -0.3 is 26.8 Å². The Morgan fingerprint density at radius 3 is 1.69 bits per heavy atom. The number of carbonyl (C=O) groups excluding carboxylic acids is 3. The molecule has 0 radical (unpaired) electrons. The Morgan fingerprint density at radius 1 is 0.750 bits per heavy atom. The van der Waals surface area contributed by atoms with Gasteiger partial charge in [-0.25, -0.2) is 9.59 Å². The quantitative estimate of drug-likeness (QED) is 0.126. The third-order valence-electron chi connectivity index (χ3n) is 6.36. The molecule has 0 saturated carbocycles. The lowest BCUT2D eigenvalue weighted by Gasteiger charge is -2.24. The average Bonchev–Trinajstić information content (AvgIpc) is 2.81. The predicted octanol–water partition coefficient (Wildman–Crippen LogP) is 4.63. The Bertz CT molecular complexity index is 627. The lowest BCUT2D eigenvalue weighted by molar-refractivity contribution is -0.142. The smallest absolute Gasteiger partial charge is 0.326 e. The highest BCUT2D eigenvalue weighted by Crippen LogP contribution is 2.13. The van der Waals surface area contributed by atoms with Gasteiger partial charge in [-0.1, -0.05) is 97.8 Å². The molecule has 0 unspecified atom stereocenters. The molecule has 0 heterocycles. The molecule has 9 nitrogen and oxygen atoms in total. The molecule has 0 aromatic carbocycles. The van der Waals surface area contributed by atoms with Crippen molar-refractivity contribution in [3.8, 4) is 0 Å². The van der Waals surface area contributed by atoms with Gasteiger partial charge in [-0.05, 0) is 25.2 Å². The third-order valence-corrected chi connectivity index (χ3v) is 6.36. The Kier molecular flexibility index (Phi) is 20.5. The Labute approximate surface area is 218 Å². The third kappa shape index (κ3) is 18.9. The van der Waals surface area contributed by atoms with Crippen molar-refractivity contribution in [2.45, 2.75) is 136 Å². The number of amides is 4. The fraction of sp³-hybridized carbons (Fsp3) is 0.852. The zero-order valence-electron chi connectivity index (χ0n) is 22.9. The molecular formula is C27H52N4O5. The minimum absolute atomic E-state index is 0.138. The van der Waals surface area contributed by atoms with Gasteiger partial charge >= 0.3 is 12.0 Å². The standard InChI is InChI=1S/C27H52N4O5/c1-4-5-6-7-8-9-10-11-12-13-14-15-16-19-23(32)31-24(21(2)3)25(33)30-22(26(34)35)18-17-20-29-27(28)36/h21-22,24H,4-20H2,1-3H3,(H,30,33)(H,31,32)(H,34,35)(H3,28,29,36)/t22-,24-/m0/s1. The number of nitrogens with one attached hydrogen (secondary N) is 3. The molecule has 0 rings (SSSR count). The normalized spacial score (nSPS) is 12.7. The van der Waals surface area contributed by atoms with Crippen LogP contribution in [0.1, 0.15) is 124 Å². The van der Waals surface area contributed by atoms with Gasteiger partial charge in [0.15, 0.2) is 0 Å². The van der Waals surface area contributed by atoms with Crippen LogP contribution >= 0.6 is 0 Å². The summed E-state index contributed by atoms with van der Waals surface area (Å²) in [6.45, 7) is 6.08. The van der Waals surface area contributed by atoms with Crippen LogP contribution in [-0.4, -0.2) is 47.5 Å². The molecule has 0 aliphatic rings. The average molecular weight is 513 g/mol. The maximum atomic E-state index is 12.7. The highest BCUT2D eigenvalue weighted by Gasteiger charge is 2.28. The molecule has 0 spiro atoms. The highest BCUT2D eigenvalue weighted by atomic mass is 16.4. The van der Waals surface area contributed by atoms with Crippen molar-refractivity contribution >= 4 is 23.8 Å². The van der Waals surface area contributed by atoms with Crippen molar-refractivity contribution in [1.82, 2.24) is 16.0 Å². The van der Waals surface area contributed by atoms with E-state index in [2.05, 4.69) is 22.9 Å². The van der Waals surface area contributed by atoms with Gasteiger partial charge in [0.05, 0.1) is 0 Å². The first kappa shape index (κ1) is 33.7. The first-order valence-electron chi connectivity index (χ1n) is 14.0. The molecule has 0 fully saturated rings. The molecule has 0 aromatic heterocycles. The maximum Gasteiger partial charge on any atom is 0.326 e. The molecule has 0 saturated heterocycles. The van der Waals surface area contributed by atoms with E-state index in [9.17, 15) is 24.3 Å². The number of carboxylic acid groups (broad SMARTS) is 1. The van der Waals surface area contributed by atoms with E-state index in [-0.39, 0.29) is 24.8 Å². The van der Waals surface area contributed by atoms with E-state index >= 15 is 0 Å². The zero-order chi connectivity index (χ0) is 27.2. The van der Waals surface area contributed by atoms with Gasteiger partial charge in [-0.3, -0.25) is 9.59 Å². The maximum absolute atomic E-state index is 12.7. The topological polar surface area (TPSA) is 151 Å². The second-order valence-electron chi connectivity index (χ2n) is 10.1. The van der Waals surface area contributed by atoms with Crippen LogP contribution in [-0.2, 0) is 14.4 Å². The Morgan fingerprint density at radius 2 is 1.25 bits per heavy atom. The van der Waals surface area contributed by atoms with Crippen LogP contribution < -0.4 is 21.7 Å². The molecule has 0 bridgehead atoms. The fourth-order valence-corrected chi connectivity index (χ4v) is 4.12. The van der Waals surface area contributed by atoms with E-state index in [4.69, 9.17) is 5.73 Å². The number of urea groups is 1. The van der Waals surface area contributed by atoms with E-state index in [1.54, 1.807) is 0 Å². The summed E-state index contributed by atoms with van der Waals surface area (Å²) in [5.41, 5.74) is 4.99. The number of primary amides is 1. The Hall–Kier alpha value is -2.32. The van der Waals surface area contributed by atoms with Crippen LogP contribution in [0.2, 0.25) is 0 Å². The van der Waals surface area contributed by atoms with Crippen LogP contribution in [0.5, 0.6) is 0 Å². The molecule has 36 heavy (non-hydrogen) atoms. The van der Waals surface area contributed by atoms with E-state index < -0.39 is 30.0 Å². The minimum atomic E-state index is -1.16. The zero-order valence-corrected chi connectivity index (χ0v) is 22.9. The van der Waals surface area contributed by atoms with Gasteiger partial charge in [-0.2, -0.15) is 0 Å². The van der Waals surface area contributed by atoms with Gasteiger partial charge in [-0.15, -0.1) is 0 Å². The Balaban J connectivity index is 4.13. The highest BCUT2D eigenvalue weighted by molar-refractivity contribution is 5.90. The summed E-state index contributed by atoms with van der Waals surface area (Å²) >= 11 is 0. The largest absolute Gasteiger partial charge is 0.480 e. The molecule has 210 valence electrons. The number of carbonyl (C=O) groups is 4. The van der Waals surface area contributed by atoms with Gasteiger partial charge in [0.2, 0.25) is 11.8 Å². The van der Waals surface area contributed by atoms with Crippen LogP contribution in [0.4, 0.5) is 4.79 Å². The van der Waals surface area contributed by atoms with Crippen molar-refractivity contribution in [3.05, 3.63) is 0 Å². The van der Waals surface area contributed by atoms with Gasteiger partial charge in [0.25, 0.3) is 0 Å². The van der Waals surface area contributed by atoms with E-state index in [1.165, 1.54) is 64.2 Å². The summed E-state index contributed by atoms with van der Waals surface area (Å²) in [5, 5.41) is 17.1. The minimum Gasteiger partial charge on any atom is -0.480 e. The molecular weight excluding hydrogens is 460 g/mol. The van der Waals surface area contributed by atoms with Crippen molar-refractivity contribution in [2.24, 2.45) is 11.7 Å². The monoisotopic (exact) mass is 512 g/mol. The lowest BCUT2D eigenvalue weighted by atomic mass is 10.0. The number of carboxylic acids is 1. The van der Waals surface area contributed by atoms with Crippen LogP contribution in [0.25, 0.3) is 0 Å². The number of hydrogen-bond donors (Lipinski definition) is 5. The van der Waals surface area contributed by atoms with E-state index in [0.717, 1.165) is 19.3 Å². The fourth-order valence-electron chi connectivity index (χ4n) is 4.12. The molecule has 0 aliphatic carbocycles. The molecule has 0 aliphatic heterocycles. The molecule has 2 atom stereocenters. The number of rotatable bonds is 23. The van der Waals surface area contributed by atoms with Crippen molar-refractivity contribution in [1.29, 1.82) is 0 Å². The SMILES string of the molecule is CCCCCCCCCCCCCCCC(=O)N[C@H](C(=O)N[C@@H](CCCNC(N)=O)C(=O)O)C(C)C. The summed E-state index contributed by atoms with van der Waals surface area (Å²) in [6.07, 6.45) is 16.9. The van der Waals surface area contributed by atoms with Crippen molar-refractivity contribution in [2.75, 3.05) is 6.54 Å². The molecule has 0 aromatic rings. The lowest BCUT2D eigenvalue weighted by Crippen LogP contribution is -2.53. The summed E-state index contributed by atoms with van der Waals surface area (Å²) in [6, 6.07) is -2.59. The molecule has 4 amide bonds. The summed E-state index contributed by atoms with van der Waals surface area (Å²) in [7, 11) is 0. The second-order valence-corrected chi connectivity index (χ2v) is 10.1. The number of nitrogens with two attached hydrogens (primary N) is 1. The number of aliphatic carboxylic acids is 1. The summed E-state index contributed by atoms with van der Waals surface area (Å²) < 4.78 is 0. The number of unbranched alkanes of at least 4 members (excludes halogenated alkanes) is 12.